The predicted molar refractivity (Wildman–Crippen MR) is 68.8 cm³/mol. The van der Waals surface area contributed by atoms with Crippen LogP contribution in [0.25, 0.3) is 10.2 Å². The van der Waals surface area contributed by atoms with Crippen LogP contribution in [0.5, 0.6) is 0 Å². The van der Waals surface area contributed by atoms with E-state index in [1.54, 1.807) is 17.7 Å². The van der Waals surface area contributed by atoms with Crippen molar-refractivity contribution in [2.45, 2.75) is 31.0 Å². The number of fused-ring (bicyclic) bond motifs is 1. The number of nitrogens with zero attached hydrogens (tertiary/aromatic N) is 2. The van der Waals surface area contributed by atoms with Crippen LogP contribution in [0.15, 0.2) is 17.8 Å². The Morgan fingerprint density at radius 1 is 1.47 bits per heavy atom. The van der Waals surface area contributed by atoms with Crippen LogP contribution in [0.4, 0.5) is 0 Å². The zero-order valence-corrected chi connectivity index (χ0v) is 11.2. The number of hydrogen-bond acceptors (Lipinski definition) is 3. The Labute approximate surface area is 102 Å². The fraction of sp³-hybridized carbons (Fsp3) is 0.455. The molecule has 2 atom stereocenters. The van der Waals surface area contributed by atoms with Gasteiger partial charge in [-0.05, 0) is 17.9 Å². The third kappa shape index (κ3) is 2.06. The topological polar surface area (TPSA) is 25.8 Å². The Bertz CT molecular complexity index is 453. The van der Waals surface area contributed by atoms with E-state index in [1.165, 1.54) is 11.1 Å². The van der Waals surface area contributed by atoms with Crippen LogP contribution < -0.4 is 0 Å². The van der Waals surface area contributed by atoms with Gasteiger partial charge < -0.3 is 0 Å². The zero-order chi connectivity index (χ0) is 10.8. The minimum atomic E-state index is 0.445. The molecule has 0 bridgehead atoms. The minimum absolute atomic E-state index is 0.445. The largest absolute Gasteiger partial charge is 0.240 e. The second-order valence-corrected chi connectivity index (χ2v) is 5.93. The van der Waals surface area contributed by atoms with Crippen LogP contribution in [-0.4, -0.2) is 14.8 Å². The van der Waals surface area contributed by atoms with Crippen LogP contribution in [0.1, 0.15) is 31.9 Å². The van der Waals surface area contributed by atoms with Crippen molar-refractivity contribution in [2.24, 2.45) is 0 Å². The summed E-state index contributed by atoms with van der Waals surface area (Å²) in [5.74, 6) is 0.463. The highest BCUT2D eigenvalue weighted by molar-refractivity contribution is 9.09. The smallest absolute Gasteiger partial charge is 0.126 e. The van der Waals surface area contributed by atoms with Crippen molar-refractivity contribution in [3.05, 3.63) is 23.5 Å². The Balaban J connectivity index is 2.54. The second kappa shape index (κ2) is 4.58. The molecule has 0 fully saturated rings. The molecule has 2 aromatic heterocycles. The molecule has 0 aliphatic rings. The predicted octanol–water partition coefficient (Wildman–Crippen LogP) is 3.97. The van der Waals surface area contributed by atoms with Gasteiger partial charge in [-0.3, -0.25) is 0 Å². The minimum Gasteiger partial charge on any atom is -0.240 e. The standard InChI is InChI=1S/C11H13BrN2S/c1-3-8(7(2)12)10-9-4-5-15-11(9)14-6-13-10/h4-8H,3H2,1-2H3. The van der Waals surface area contributed by atoms with Gasteiger partial charge in [-0.25, -0.2) is 9.97 Å². The van der Waals surface area contributed by atoms with Gasteiger partial charge in [-0.2, -0.15) is 0 Å². The monoisotopic (exact) mass is 284 g/mol. The van der Waals surface area contributed by atoms with Gasteiger partial charge in [0.2, 0.25) is 0 Å². The SMILES string of the molecule is CCC(c1ncnc2sccc12)C(C)Br. The third-order valence-corrected chi connectivity index (χ3v) is 4.10. The molecule has 2 nitrogen and oxygen atoms in total. The number of halogens is 1. The molecule has 0 aromatic carbocycles. The lowest BCUT2D eigenvalue weighted by Gasteiger charge is -2.17. The van der Waals surface area contributed by atoms with Crippen molar-refractivity contribution >= 4 is 37.5 Å². The summed E-state index contributed by atoms with van der Waals surface area (Å²) < 4.78 is 0. The molecule has 0 aliphatic carbocycles. The van der Waals surface area contributed by atoms with E-state index in [0.29, 0.717) is 10.7 Å². The van der Waals surface area contributed by atoms with E-state index in [2.05, 4.69) is 51.2 Å². The maximum Gasteiger partial charge on any atom is 0.126 e. The van der Waals surface area contributed by atoms with Gasteiger partial charge in [-0.1, -0.05) is 29.8 Å². The van der Waals surface area contributed by atoms with Gasteiger partial charge in [0.25, 0.3) is 0 Å². The van der Waals surface area contributed by atoms with Crippen LogP contribution in [0, 0.1) is 0 Å². The summed E-state index contributed by atoms with van der Waals surface area (Å²) in [6.07, 6.45) is 2.76. The van der Waals surface area contributed by atoms with Crippen molar-refractivity contribution < 1.29 is 0 Å². The van der Waals surface area contributed by atoms with E-state index in [4.69, 9.17) is 0 Å². The van der Waals surface area contributed by atoms with Gasteiger partial charge in [0.1, 0.15) is 11.2 Å². The van der Waals surface area contributed by atoms with Crippen LogP contribution in [0.3, 0.4) is 0 Å². The quantitative estimate of drug-likeness (QED) is 0.797. The lowest BCUT2D eigenvalue weighted by Crippen LogP contribution is -2.10. The normalized spacial score (nSPS) is 15.4. The summed E-state index contributed by atoms with van der Waals surface area (Å²) in [5, 5.41) is 3.29. The average molecular weight is 285 g/mol. The number of alkyl halides is 1. The molecule has 0 radical (unpaired) electrons. The van der Waals surface area contributed by atoms with Crippen molar-refractivity contribution in [2.75, 3.05) is 0 Å². The fourth-order valence-corrected chi connectivity index (χ4v) is 3.21. The molecule has 0 aliphatic heterocycles. The molecular weight excluding hydrogens is 272 g/mol. The first-order valence-electron chi connectivity index (χ1n) is 5.06. The van der Waals surface area contributed by atoms with Gasteiger partial charge in [-0.15, -0.1) is 11.3 Å². The van der Waals surface area contributed by atoms with Gasteiger partial charge in [0, 0.05) is 16.1 Å². The van der Waals surface area contributed by atoms with Crippen molar-refractivity contribution in [1.82, 2.24) is 9.97 Å². The highest BCUT2D eigenvalue weighted by atomic mass is 79.9. The maximum atomic E-state index is 4.44. The summed E-state index contributed by atoms with van der Waals surface area (Å²) >= 11 is 5.33. The van der Waals surface area contributed by atoms with E-state index in [-0.39, 0.29) is 0 Å². The summed E-state index contributed by atoms with van der Waals surface area (Å²) in [7, 11) is 0. The maximum absolute atomic E-state index is 4.44. The van der Waals surface area contributed by atoms with E-state index < -0.39 is 0 Å². The lowest BCUT2D eigenvalue weighted by molar-refractivity contribution is 0.648. The fourth-order valence-electron chi connectivity index (χ4n) is 1.84. The van der Waals surface area contributed by atoms with Crippen LogP contribution >= 0.6 is 27.3 Å². The molecule has 2 unspecified atom stereocenters. The molecule has 0 amide bonds. The Morgan fingerprint density at radius 2 is 2.27 bits per heavy atom. The number of rotatable bonds is 3. The first-order chi connectivity index (χ1) is 7.24. The lowest BCUT2D eigenvalue weighted by atomic mass is 9.97. The molecule has 0 N–H and O–H groups in total. The van der Waals surface area contributed by atoms with Gasteiger partial charge in [0.05, 0.1) is 5.69 Å². The van der Waals surface area contributed by atoms with Gasteiger partial charge in [0.15, 0.2) is 0 Å². The summed E-state index contributed by atoms with van der Waals surface area (Å²) in [6.45, 7) is 4.37. The van der Waals surface area contributed by atoms with Crippen molar-refractivity contribution in [1.29, 1.82) is 0 Å². The highest BCUT2D eigenvalue weighted by Gasteiger charge is 2.19. The van der Waals surface area contributed by atoms with Crippen LogP contribution in [-0.2, 0) is 0 Å². The van der Waals surface area contributed by atoms with E-state index in [0.717, 1.165) is 11.3 Å². The summed E-state index contributed by atoms with van der Waals surface area (Å²) in [5.41, 5.74) is 1.17. The first-order valence-corrected chi connectivity index (χ1v) is 6.85. The molecule has 80 valence electrons. The Hall–Kier alpha value is -0.480. The molecule has 0 saturated heterocycles. The van der Waals surface area contributed by atoms with Crippen molar-refractivity contribution in [3.63, 3.8) is 0 Å². The summed E-state index contributed by atoms with van der Waals surface area (Å²) in [6, 6.07) is 2.12. The number of thiophene rings is 1. The Morgan fingerprint density at radius 3 is 2.93 bits per heavy atom. The molecule has 4 heteroatoms. The van der Waals surface area contributed by atoms with E-state index >= 15 is 0 Å². The second-order valence-electron chi connectivity index (χ2n) is 3.59. The first kappa shape index (κ1) is 11.0. The van der Waals surface area contributed by atoms with Gasteiger partial charge >= 0.3 is 0 Å². The molecule has 0 saturated carbocycles. The van der Waals surface area contributed by atoms with Crippen molar-refractivity contribution in [3.8, 4) is 0 Å². The summed E-state index contributed by atoms with van der Waals surface area (Å²) in [4.78, 5) is 10.2. The number of hydrogen-bond donors (Lipinski definition) is 0. The average Bonchev–Trinajstić information content (AvgIpc) is 2.66. The van der Waals surface area contributed by atoms with E-state index in [9.17, 15) is 0 Å². The zero-order valence-electron chi connectivity index (χ0n) is 8.77. The molecule has 0 spiro atoms. The molecular formula is C11H13BrN2S. The highest BCUT2D eigenvalue weighted by Crippen LogP contribution is 2.32. The third-order valence-electron chi connectivity index (χ3n) is 2.64. The molecule has 2 aromatic rings. The molecule has 2 heterocycles. The van der Waals surface area contributed by atoms with E-state index in [1.807, 2.05) is 0 Å². The Kier molecular flexibility index (Phi) is 3.36. The van der Waals surface area contributed by atoms with Crippen LogP contribution in [0.2, 0.25) is 0 Å². The molecule has 2 rings (SSSR count). The number of aromatic nitrogens is 2. The molecule has 15 heavy (non-hydrogen) atoms.